The van der Waals surface area contributed by atoms with Crippen molar-refractivity contribution in [3.63, 3.8) is 0 Å². The Balaban J connectivity index is 1.66. The molecule has 4 rings (SSSR count). The third-order valence-corrected chi connectivity index (χ3v) is 4.69. The average molecular weight is 382 g/mol. The Kier molecular flexibility index (Phi) is 4.79. The Morgan fingerprint density at radius 3 is 2.17 bits per heavy atom. The predicted octanol–water partition coefficient (Wildman–Crippen LogP) is 4.33. The third kappa shape index (κ3) is 3.71. The quantitative estimate of drug-likeness (QED) is 0.542. The molecule has 29 heavy (non-hydrogen) atoms. The summed E-state index contributed by atoms with van der Waals surface area (Å²) in [4.78, 5) is 38.5. The van der Waals surface area contributed by atoms with Crippen molar-refractivity contribution in [2.45, 2.75) is 6.92 Å². The van der Waals surface area contributed by atoms with Crippen LogP contribution < -0.4 is 10.2 Å². The molecule has 0 spiro atoms. The van der Waals surface area contributed by atoms with E-state index in [0.29, 0.717) is 11.3 Å². The van der Waals surface area contributed by atoms with Crippen molar-refractivity contribution in [3.05, 3.63) is 95.6 Å². The molecule has 5 heteroatoms. The van der Waals surface area contributed by atoms with Gasteiger partial charge in [-0.05, 0) is 47.4 Å². The molecule has 1 aliphatic heterocycles. The second-order valence-corrected chi connectivity index (χ2v) is 6.78. The smallest absolute Gasteiger partial charge is 0.273 e. The number of aryl methyl sites for hydroxylation is 1. The minimum absolute atomic E-state index is 0.0847. The number of urea groups is 1. The van der Waals surface area contributed by atoms with Gasteiger partial charge in [0.2, 0.25) is 0 Å². The Bertz CT molecular complexity index is 1130. The first kappa shape index (κ1) is 18.4. The van der Waals surface area contributed by atoms with Gasteiger partial charge in [-0.25, -0.2) is 9.69 Å². The van der Waals surface area contributed by atoms with E-state index < -0.39 is 17.8 Å². The monoisotopic (exact) mass is 382 g/mol. The number of nitrogens with one attached hydrogen (secondary N) is 1. The van der Waals surface area contributed by atoms with E-state index in [1.807, 2.05) is 67.6 Å². The van der Waals surface area contributed by atoms with Crippen LogP contribution in [0.4, 0.5) is 10.5 Å². The molecule has 3 aromatic rings. The lowest BCUT2D eigenvalue weighted by atomic mass is 10.0. The summed E-state index contributed by atoms with van der Waals surface area (Å²) in [7, 11) is 0. The van der Waals surface area contributed by atoms with Crippen molar-refractivity contribution in [2.24, 2.45) is 0 Å². The van der Waals surface area contributed by atoms with Gasteiger partial charge in [-0.2, -0.15) is 0 Å². The van der Waals surface area contributed by atoms with Gasteiger partial charge in [0.25, 0.3) is 11.8 Å². The normalized spacial score (nSPS) is 15.6. The molecule has 142 valence electrons. The first-order chi connectivity index (χ1) is 14.0. The summed E-state index contributed by atoms with van der Waals surface area (Å²) in [6.07, 6.45) is 1.50. The zero-order chi connectivity index (χ0) is 20.4. The highest BCUT2D eigenvalue weighted by Crippen LogP contribution is 2.24. The Morgan fingerprint density at radius 1 is 0.793 bits per heavy atom. The van der Waals surface area contributed by atoms with Crippen molar-refractivity contribution in [1.29, 1.82) is 0 Å². The summed E-state index contributed by atoms with van der Waals surface area (Å²) in [5.74, 6) is -1.34. The average Bonchev–Trinajstić information content (AvgIpc) is 2.72. The molecule has 1 N–H and O–H groups in total. The molecular weight excluding hydrogens is 364 g/mol. The van der Waals surface area contributed by atoms with Crippen LogP contribution in [0.15, 0.2) is 84.4 Å². The molecule has 4 amide bonds. The second-order valence-electron chi connectivity index (χ2n) is 6.78. The zero-order valence-corrected chi connectivity index (χ0v) is 15.8. The molecule has 0 radical (unpaired) electrons. The Morgan fingerprint density at radius 2 is 1.48 bits per heavy atom. The first-order valence-corrected chi connectivity index (χ1v) is 9.16. The van der Waals surface area contributed by atoms with Crippen LogP contribution in [0.2, 0.25) is 0 Å². The third-order valence-electron chi connectivity index (χ3n) is 4.69. The van der Waals surface area contributed by atoms with Crippen molar-refractivity contribution in [1.82, 2.24) is 5.32 Å². The number of anilines is 1. The lowest BCUT2D eigenvalue weighted by Gasteiger charge is -2.26. The van der Waals surface area contributed by atoms with Crippen molar-refractivity contribution in [3.8, 4) is 11.1 Å². The van der Waals surface area contributed by atoms with Crippen LogP contribution >= 0.6 is 0 Å². The van der Waals surface area contributed by atoms with Gasteiger partial charge in [-0.15, -0.1) is 0 Å². The maximum Gasteiger partial charge on any atom is 0.335 e. The van der Waals surface area contributed by atoms with E-state index in [4.69, 9.17) is 0 Å². The minimum atomic E-state index is -0.748. The van der Waals surface area contributed by atoms with Gasteiger partial charge in [-0.3, -0.25) is 14.9 Å². The second kappa shape index (κ2) is 7.56. The zero-order valence-electron chi connectivity index (χ0n) is 15.8. The molecule has 0 saturated carbocycles. The molecule has 1 fully saturated rings. The van der Waals surface area contributed by atoms with Gasteiger partial charge in [0, 0.05) is 0 Å². The summed E-state index contributed by atoms with van der Waals surface area (Å²) < 4.78 is 0. The van der Waals surface area contributed by atoms with Gasteiger partial charge in [0.1, 0.15) is 5.57 Å². The van der Waals surface area contributed by atoms with Crippen LogP contribution in [0.5, 0.6) is 0 Å². The summed E-state index contributed by atoms with van der Waals surface area (Å²) in [6, 6.07) is 23.7. The van der Waals surface area contributed by atoms with Gasteiger partial charge in [-0.1, -0.05) is 66.7 Å². The maximum atomic E-state index is 12.9. The van der Waals surface area contributed by atoms with E-state index in [0.717, 1.165) is 21.6 Å². The molecule has 0 bridgehead atoms. The number of carbonyl (C=O) groups is 3. The molecule has 0 unspecified atom stereocenters. The first-order valence-electron chi connectivity index (χ1n) is 9.16. The van der Waals surface area contributed by atoms with Crippen LogP contribution in [0.3, 0.4) is 0 Å². The van der Waals surface area contributed by atoms with Crippen molar-refractivity contribution in [2.75, 3.05) is 4.90 Å². The highest BCUT2D eigenvalue weighted by Gasteiger charge is 2.36. The number of nitrogens with zero attached hydrogens (tertiary/aromatic N) is 1. The van der Waals surface area contributed by atoms with Crippen molar-refractivity contribution >= 4 is 29.6 Å². The van der Waals surface area contributed by atoms with Crippen LogP contribution in [-0.4, -0.2) is 17.8 Å². The van der Waals surface area contributed by atoms with E-state index in [1.54, 1.807) is 18.2 Å². The van der Waals surface area contributed by atoms with Gasteiger partial charge < -0.3 is 0 Å². The lowest BCUT2D eigenvalue weighted by molar-refractivity contribution is -0.122. The summed E-state index contributed by atoms with van der Waals surface area (Å²) in [5.41, 5.74) is 4.05. The molecule has 5 nitrogen and oxygen atoms in total. The number of rotatable bonds is 3. The van der Waals surface area contributed by atoms with Gasteiger partial charge >= 0.3 is 6.03 Å². The lowest BCUT2D eigenvalue weighted by Crippen LogP contribution is -2.54. The number of amides is 4. The van der Waals surface area contributed by atoms with E-state index in [1.165, 1.54) is 6.08 Å². The molecule has 1 saturated heterocycles. The predicted molar refractivity (Wildman–Crippen MR) is 112 cm³/mol. The van der Waals surface area contributed by atoms with Crippen LogP contribution in [0, 0.1) is 6.92 Å². The standard InChI is InChI=1S/C24H18N2O3/c1-16-6-5-9-20(14-16)26-23(28)21(22(27)25-24(26)29)15-17-10-12-19(13-11-17)18-7-3-2-4-8-18/h2-15H,1H3,(H,25,27,29)/b21-15+. The van der Waals surface area contributed by atoms with Gasteiger partial charge in [0.05, 0.1) is 5.69 Å². The Labute approximate surface area is 168 Å². The topological polar surface area (TPSA) is 66.5 Å². The molecule has 1 heterocycles. The number of hydrogen-bond acceptors (Lipinski definition) is 3. The highest BCUT2D eigenvalue weighted by molar-refractivity contribution is 6.39. The number of benzene rings is 3. The van der Waals surface area contributed by atoms with E-state index in [-0.39, 0.29) is 5.57 Å². The number of imide groups is 2. The van der Waals surface area contributed by atoms with E-state index in [2.05, 4.69) is 5.32 Å². The number of carbonyl (C=O) groups excluding carboxylic acids is 3. The molecule has 3 aromatic carbocycles. The fraction of sp³-hybridized carbons (Fsp3) is 0.0417. The van der Waals surface area contributed by atoms with E-state index in [9.17, 15) is 14.4 Å². The molecule has 0 aromatic heterocycles. The van der Waals surface area contributed by atoms with Gasteiger partial charge in [0.15, 0.2) is 0 Å². The number of hydrogen-bond donors (Lipinski definition) is 1. The summed E-state index contributed by atoms with van der Waals surface area (Å²) in [5, 5.41) is 2.24. The van der Waals surface area contributed by atoms with Crippen LogP contribution in [-0.2, 0) is 9.59 Å². The summed E-state index contributed by atoms with van der Waals surface area (Å²) in [6.45, 7) is 1.87. The number of barbiturate groups is 1. The fourth-order valence-electron chi connectivity index (χ4n) is 3.23. The Hall–Kier alpha value is -3.99. The largest absolute Gasteiger partial charge is 0.335 e. The molecule has 1 aliphatic rings. The SMILES string of the molecule is Cc1cccc(N2C(=O)NC(=O)/C(=C\c3ccc(-c4ccccc4)cc3)C2=O)c1. The minimum Gasteiger partial charge on any atom is -0.273 e. The van der Waals surface area contributed by atoms with Crippen LogP contribution in [0.1, 0.15) is 11.1 Å². The fourth-order valence-corrected chi connectivity index (χ4v) is 3.23. The maximum absolute atomic E-state index is 12.9. The van der Waals surface area contributed by atoms with Crippen molar-refractivity contribution < 1.29 is 14.4 Å². The summed E-state index contributed by atoms with van der Waals surface area (Å²) >= 11 is 0. The molecular formula is C24H18N2O3. The van der Waals surface area contributed by atoms with E-state index >= 15 is 0 Å². The highest BCUT2D eigenvalue weighted by atomic mass is 16.2. The molecule has 0 aliphatic carbocycles. The molecule has 0 atom stereocenters. The van der Waals surface area contributed by atoms with Crippen LogP contribution in [0.25, 0.3) is 17.2 Å².